The maximum absolute atomic E-state index is 6.62. The van der Waals surface area contributed by atoms with Crippen LogP contribution in [-0.2, 0) is 0 Å². The third kappa shape index (κ3) is 5.77. The van der Waals surface area contributed by atoms with Gasteiger partial charge in [0.05, 0.1) is 12.4 Å². The minimum Gasteiger partial charge on any atom is -0.470 e. The topological polar surface area (TPSA) is 45.6 Å². The van der Waals surface area contributed by atoms with Crippen LogP contribution in [0.3, 0.4) is 0 Å². The third-order valence-electron chi connectivity index (χ3n) is 5.30. The predicted octanol–water partition coefficient (Wildman–Crippen LogP) is 4.58. The van der Waals surface area contributed by atoms with Gasteiger partial charge in [0.1, 0.15) is 5.76 Å². The van der Waals surface area contributed by atoms with Crippen molar-refractivity contribution < 1.29 is 4.42 Å². The van der Waals surface area contributed by atoms with Gasteiger partial charge in [0.15, 0.2) is 0 Å². The quantitative estimate of drug-likeness (QED) is 0.835. The first-order chi connectivity index (χ1) is 13.1. The molecule has 4 rings (SSSR count). The van der Waals surface area contributed by atoms with Gasteiger partial charge < -0.3 is 15.1 Å². The zero-order chi connectivity index (χ0) is 19.1. The number of aryl methyl sites for hydroxylation is 2. The fourth-order valence-corrected chi connectivity index (χ4v) is 4.66. The Morgan fingerprint density at radius 2 is 1.74 bits per heavy atom. The first-order valence-electron chi connectivity index (χ1n) is 10.1. The average Bonchev–Trinajstić information content (AvgIpc) is 3.20. The van der Waals surface area contributed by atoms with Gasteiger partial charge in [-0.05, 0) is 56.9 Å². The first-order valence-corrected chi connectivity index (χ1v) is 11.2. The minimum atomic E-state index is 0.0448. The summed E-state index contributed by atoms with van der Waals surface area (Å²) in [6.45, 7) is 8.68. The number of hydrogen-bond donors (Lipinski definition) is 1. The summed E-state index contributed by atoms with van der Waals surface area (Å²) in [6, 6.07) is 10.6. The lowest BCUT2D eigenvalue weighted by molar-refractivity contribution is 0.223. The van der Waals surface area contributed by atoms with E-state index < -0.39 is 0 Å². The zero-order valence-electron chi connectivity index (χ0n) is 16.7. The van der Waals surface area contributed by atoms with E-state index in [0.29, 0.717) is 0 Å². The van der Waals surface area contributed by atoms with Crippen LogP contribution in [0.4, 0.5) is 5.69 Å². The highest BCUT2D eigenvalue weighted by atomic mass is 32.2. The minimum absolute atomic E-state index is 0.0448. The van der Waals surface area contributed by atoms with Crippen LogP contribution >= 0.6 is 11.8 Å². The van der Waals surface area contributed by atoms with Crippen molar-refractivity contribution in [2.75, 3.05) is 42.6 Å². The van der Waals surface area contributed by atoms with Crippen LogP contribution < -0.4 is 10.6 Å². The summed E-state index contributed by atoms with van der Waals surface area (Å²) in [5, 5.41) is 0. The highest BCUT2D eigenvalue weighted by Crippen LogP contribution is 2.31. The van der Waals surface area contributed by atoms with Crippen molar-refractivity contribution in [2.24, 2.45) is 5.73 Å². The molecule has 1 atom stereocenters. The van der Waals surface area contributed by atoms with Crippen LogP contribution in [0.2, 0.25) is 0 Å². The van der Waals surface area contributed by atoms with Gasteiger partial charge in [0.25, 0.3) is 0 Å². The van der Waals surface area contributed by atoms with Gasteiger partial charge in [-0.15, -0.1) is 0 Å². The van der Waals surface area contributed by atoms with Gasteiger partial charge in [-0.25, -0.2) is 0 Å². The van der Waals surface area contributed by atoms with E-state index in [1.165, 1.54) is 60.7 Å². The largest absolute Gasteiger partial charge is 0.470 e. The van der Waals surface area contributed by atoms with Gasteiger partial charge in [-0.3, -0.25) is 4.90 Å². The van der Waals surface area contributed by atoms with Crippen LogP contribution in [0.1, 0.15) is 42.3 Å². The number of furan rings is 1. The summed E-state index contributed by atoms with van der Waals surface area (Å²) < 4.78 is 4.83. The number of piperidine rings is 1. The highest BCUT2D eigenvalue weighted by molar-refractivity contribution is 7.99. The number of anilines is 1. The van der Waals surface area contributed by atoms with Gasteiger partial charge in [-0.1, -0.05) is 12.1 Å². The van der Waals surface area contributed by atoms with Gasteiger partial charge >= 0.3 is 0 Å². The van der Waals surface area contributed by atoms with E-state index in [9.17, 15) is 0 Å². The molecule has 2 aliphatic heterocycles. The molecule has 2 saturated heterocycles. The molecule has 2 N–H and O–H groups in total. The van der Waals surface area contributed by atoms with Crippen LogP contribution in [0.15, 0.2) is 41.0 Å². The molecule has 2 aliphatic rings. The molecule has 0 spiro atoms. The Labute approximate surface area is 168 Å². The van der Waals surface area contributed by atoms with Crippen molar-refractivity contribution in [3.05, 3.63) is 53.5 Å². The van der Waals surface area contributed by atoms with Gasteiger partial charge in [0, 0.05) is 48.9 Å². The standard InChI is InChI=1S/C17H27N3S.C5H6O/c1-14-5-6-15(17(18)20-9-11-21-12-10-20)16(13-14)19-7-3-2-4-8-19;1-5-3-2-4-6-5/h5-6,13,17H,2-4,7-12,18H2,1H3;2-4H,1H3. The zero-order valence-corrected chi connectivity index (χ0v) is 17.5. The lowest BCUT2D eigenvalue weighted by Crippen LogP contribution is -2.41. The van der Waals surface area contributed by atoms with Crippen LogP contribution in [0.25, 0.3) is 0 Å². The third-order valence-corrected chi connectivity index (χ3v) is 6.25. The molecule has 2 fully saturated rings. The smallest absolute Gasteiger partial charge is 0.100 e. The number of hydrogen-bond acceptors (Lipinski definition) is 5. The summed E-state index contributed by atoms with van der Waals surface area (Å²) in [6.07, 6.45) is 5.69. The molecular formula is C22H33N3OS. The van der Waals surface area contributed by atoms with E-state index in [2.05, 4.69) is 34.9 Å². The molecule has 1 aromatic heterocycles. The lowest BCUT2D eigenvalue weighted by atomic mass is 10.0. The summed E-state index contributed by atoms with van der Waals surface area (Å²) in [7, 11) is 0. The van der Waals surface area contributed by atoms with Gasteiger partial charge in [0.2, 0.25) is 0 Å². The lowest BCUT2D eigenvalue weighted by Gasteiger charge is -2.36. The van der Waals surface area contributed by atoms with E-state index in [0.717, 1.165) is 18.8 Å². The molecule has 0 aliphatic carbocycles. The van der Waals surface area contributed by atoms with E-state index in [-0.39, 0.29) is 6.17 Å². The number of nitrogens with zero attached hydrogens (tertiary/aromatic N) is 2. The molecule has 27 heavy (non-hydrogen) atoms. The van der Waals surface area contributed by atoms with Crippen LogP contribution in [0.5, 0.6) is 0 Å². The second-order valence-corrected chi connectivity index (χ2v) is 8.65. The van der Waals surface area contributed by atoms with Crippen molar-refractivity contribution in [3.8, 4) is 0 Å². The summed E-state index contributed by atoms with van der Waals surface area (Å²) >= 11 is 2.04. The average molecular weight is 388 g/mol. The summed E-state index contributed by atoms with van der Waals surface area (Å²) in [4.78, 5) is 4.99. The van der Waals surface area contributed by atoms with E-state index >= 15 is 0 Å². The van der Waals surface area contributed by atoms with Crippen LogP contribution in [0, 0.1) is 13.8 Å². The fraction of sp³-hybridized carbons (Fsp3) is 0.545. The number of thioether (sulfide) groups is 1. The first kappa shape index (κ1) is 20.3. The van der Waals surface area contributed by atoms with E-state index in [1.54, 1.807) is 6.26 Å². The number of rotatable bonds is 3. The van der Waals surface area contributed by atoms with Crippen molar-refractivity contribution in [3.63, 3.8) is 0 Å². The van der Waals surface area contributed by atoms with Gasteiger partial charge in [-0.2, -0.15) is 11.8 Å². The molecule has 0 amide bonds. The van der Waals surface area contributed by atoms with E-state index in [1.807, 2.05) is 30.8 Å². The van der Waals surface area contributed by atoms with Crippen LogP contribution in [-0.4, -0.2) is 42.6 Å². The fourth-order valence-electron chi connectivity index (χ4n) is 3.73. The monoisotopic (exact) mass is 387 g/mol. The predicted molar refractivity (Wildman–Crippen MR) is 117 cm³/mol. The molecule has 4 nitrogen and oxygen atoms in total. The molecule has 0 bridgehead atoms. The Morgan fingerprint density at radius 3 is 2.33 bits per heavy atom. The Balaban J connectivity index is 0.000000299. The van der Waals surface area contributed by atoms with Crippen molar-refractivity contribution >= 4 is 17.4 Å². The second-order valence-electron chi connectivity index (χ2n) is 7.43. The number of benzene rings is 1. The second kappa shape index (κ2) is 10.2. The Kier molecular flexibility index (Phi) is 7.68. The molecule has 2 aromatic rings. The molecule has 1 unspecified atom stereocenters. The van der Waals surface area contributed by atoms with Crippen molar-refractivity contribution in [1.29, 1.82) is 0 Å². The normalized spacial score (nSPS) is 19.3. The molecule has 0 saturated carbocycles. The maximum atomic E-state index is 6.62. The maximum Gasteiger partial charge on any atom is 0.100 e. The summed E-state index contributed by atoms with van der Waals surface area (Å²) in [5.74, 6) is 3.38. The van der Waals surface area contributed by atoms with Crippen molar-refractivity contribution in [2.45, 2.75) is 39.3 Å². The molecule has 148 valence electrons. The summed E-state index contributed by atoms with van der Waals surface area (Å²) in [5.41, 5.74) is 10.6. The molecular weight excluding hydrogens is 354 g/mol. The van der Waals surface area contributed by atoms with E-state index in [4.69, 9.17) is 10.2 Å². The number of nitrogens with two attached hydrogens (primary N) is 1. The molecule has 3 heterocycles. The SMILES string of the molecule is Cc1ccc(C(N)N2CCSCC2)c(N2CCCCC2)c1.Cc1ccco1. The Bertz CT molecular complexity index is 677. The molecule has 5 heteroatoms. The van der Waals surface area contributed by atoms with Crippen molar-refractivity contribution in [1.82, 2.24) is 4.90 Å². The molecule has 0 radical (unpaired) electrons. The highest BCUT2D eigenvalue weighted by Gasteiger charge is 2.23. The Hall–Kier alpha value is -1.43. The Morgan fingerprint density at radius 1 is 1.00 bits per heavy atom. The molecule has 1 aromatic carbocycles.